The van der Waals surface area contributed by atoms with E-state index in [4.69, 9.17) is 5.11 Å². The number of carbonyl (C=O) groups excluding carboxylic acids is 2. The summed E-state index contributed by atoms with van der Waals surface area (Å²) in [5, 5.41) is 11.4. The number of hydrogen-bond acceptors (Lipinski definition) is 4. The van der Waals surface area contributed by atoms with Gasteiger partial charge in [0.25, 0.3) is 5.24 Å². The third-order valence-electron chi connectivity index (χ3n) is 2.13. The van der Waals surface area contributed by atoms with Crippen LogP contribution in [0.25, 0.3) is 0 Å². The SMILES string of the molecule is CC(CO)NC(=O)CCN1CCSC1=O. The van der Waals surface area contributed by atoms with E-state index in [0.29, 0.717) is 13.0 Å². The molecule has 0 radical (unpaired) electrons. The third kappa shape index (κ3) is 4.09. The minimum absolute atomic E-state index is 0.0537. The van der Waals surface area contributed by atoms with E-state index in [1.807, 2.05) is 0 Å². The van der Waals surface area contributed by atoms with Crippen LogP contribution >= 0.6 is 11.8 Å². The van der Waals surface area contributed by atoms with Crippen LogP contribution in [0.1, 0.15) is 13.3 Å². The second-order valence-corrected chi connectivity index (χ2v) is 4.55. The summed E-state index contributed by atoms with van der Waals surface area (Å²) in [7, 11) is 0. The van der Waals surface area contributed by atoms with Gasteiger partial charge in [0.1, 0.15) is 0 Å². The lowest BCUT2D eigenvalue weighted by Gasteiger charge is -2.15. The number of amides is 2. The van der Waals surface area contributed by atoms with Gasteiger partial charge in [0, 0.05) is 31.3 Å². The van der Waals surface area contributed by atoms with Gasteiger partial charge in [0.05, 0.1) is 6.61 Å². The molecule has 0 aliphatic carbocycles. The molecule has 0 bridgehead atoms. The van der Waals surface area contributed by atoms with Gasteiger partial charge in [-0.2, -0.15) is 0 Å². The number of nitrogens with one attached hydrogen (secondary N) is 1. The second-order valence-electron chi connectivity index (χ2n) is 3.50. The van der Waals surface area contributed by atoms with E-state index in [9.17, 15) is 9.59 Å². The molecule has 1 heterocycles. The zero-order chi connectivity index (χ0) is 11.3. The number of aliphatic hydroxyl groups excluding tert-OH is 1. The molecule has 0 aromatic heterocycles. The molecular weight excluding hydrogens is 216 g/mol. The van der Waals surface area contributed by atoms with Crippen LogP contribution in [-0.2, 0) is 4.79 Å². The smallest absolute Gasteiger partial charge is 0.281 e. The quantitative estimate of drug-likeness (QED) is 0.702. The van der Waals surface area contributed by atoms with Gasteiger partial charge in [-0.1, -0.05) is 11.8 Å². The van der Waals surface area contributed by atoms with E-state index < -0.39 is 0 Å². The van der Waals surface area contributed by atoms with Crippen LogP contribution in [0, 0.1) is 0 Å². The minimum atomic E-state index is -0.221. The molecule has 15 heavy (non-hydrogen) atoms. The van der Waals surface area contributed by atoms with Crippen LogP contribution in [0.3, 0.4) is 0 Å². The summed E-state index contributed by atoms with van der Waals surface area (Å²) in [6.45, 7) is 2.86. The highest BCUT2D eigenvalue weighted by molar-refractivity contribution is 8.13. The van der Waals surface area contributed by atoms with Crippen LogP contribution in [-0.4, -0.2) is 52.6 Å². The summed E-state index contributed by atoms with van der Waals surface area (Å²) in [6.07, 6.45) is 0.302. The zero-order valence-electron chi connectivity index (χ0n) is 8.73. The molecule has 1 fully saturated rings. The van der Waals surface area contributed by atoms with Crippen LogP contribution in [0.2, 0.25) is 0 Å². The van der Waals surface area contributed by atoms with Gasteiger partial charge in [0.2, 0.25) is 5.91 Å². The molecule has 2 N–H and O–H groups in total. The van der Waals surface area contributed by atoms with Gasteiger partial charge in [0.15, 0.2) is 0 Å². The average molecular weight is 232 g/mol. The van der Waals surface area contributed by atoms with E-state index in [0.717, 1.165) is 12.3 Å². The molecule has 1 unspecified atom stereocenters. The van der Waals surface area contributed by atoms with E-state index in [2.05, 4.69) is 5.32 Å². The summed E-state index contributed by atoms with van der Waals surface area (Å²) in [5.74, 6) is 0.689. The molecule has 1 atom stereocenters. The summed E-state index contributed by atoms with van der Waals surface area (Å²) >= 11 is 1.29. The Morgan fingerprint density at radius 1 is 1.73 bits per heavy atom. The molecule has 5 nitrogen and oxygen atoms in total. The minimum Gasteiger partial charge on any atom is -0.394 e. The molecule has 0 saturated carbocycles. The van der Waals surface area contributed by atoms with Gasteiger partial charge in [-0.25, -0.2) is 0 Å². The van der Waals surface area contributed by atoms with Crippen molar-refractivity contribution >= 4 is 22.9 Å². The van der Waals surface area contributed by atoms with Gasteiger partial charge in [-0.05, 0) is 6.92 Å². The Morgan fingerprint density at radius 3 is 3.00 bits per heavy atom. The average Bonchev–Trinajstić information content (AvgIpc) is 2.61. The first-order chi connectivity index (χ1) is 7.13. The largest absolute Gasteiger partial charge is 0.394 e. The molecule has 0 spiro atoms. The molecule has 0 aromatic carbocycles. The number of carbonyl (C=O) groups is 2. The Bertz CT molecular complexity index is 248. The van der Waals surface area contributed by atoms with Crippen molar-refractivity contribution in [3.63, 3.8) is 0 Å². The molecule has 2 amide bonds. The van der Waals surface area contributed by atoms with Crippen LogP contribution in [0.15, 0.2) is 0 Å². The second kappa shape index (κ2) is 5.97. The maximum atomic E-state index is 11.3. The standard InChI is InChI=1S/C9H16N2O3S/c1-7(6-12)10-8(13)2-3-11-4-5-15-9(11)14/h7,12H,2-6H2,1H3,(H,10,13). The monoisotopic (exact) mass is 232 g/mol. The first-order valence-electron chi connectivity index (χ1n) is 4.95. The third-order valence-corrected chi connectivity index (χ3v) is 3.03. The predicted molar refractivity (Wildman–Crippen MR) is 58.7 cm³/mol. The van der Waals surface area contributed by atoms with Crippen molar-refractivity contribution in [2.45, 2.75) is 19.4 Å². The number of hydrogen-bond donors (Lipinski definition) is 2. The van der Waals surface area contributed by atoms with Gasteiger partial charge in [-0.3, -0.25) is 9.59 Å². The molecule has 1 aliphatic heterocycles. The van der Waals surface area contributed by atoms with Crippen LogP contribution in [0.5, 0.6) is 0 Å². The Morgan fingerprint density at radius 2 is 2.47 bits per heavy atom. The molecule has 1 rings (SSSR count). The van der Waals surface area contributed by atoms with Crippen molar-refractivity contribution in [3.05, 3.63) is 0 Å². The maximum absolute atomic E-state index is 11.3. The summed E-state index contributed by atoms with van der Waals surface area (Å²) in [6, 6.07) is -0.221. The molecule has 1 aliphatic rings. The molecular formula is C9H16N2O3S. The van der Waals surface area contributed by atoms with Crippen molar-refractivity contribution in [3.8, 4) is 0 Å². The van der Waals surface area contributed by atoms with E-state index >= 15 is 0 Å². The van der Waals surface area contributed by atoms with Crippen LogP contribution in [0.4, 0.5) is 4.79 Å². The highest BCUT2D eigenvalue weighted by Crippen LogP contribution is 2.16. The normalized spacial score (nSPS) is 18.0. The Balaban J connectivity index is 2.19. The first-order valence-corrected chi connectivity index (χ1v) is 5.94. The number of nitrogens with zero attached hydrogens (tertiary/aromatic N) is 1. The summed E-state index contributed by atoms with van der Waals surface area (Å²) < 4.78 is 0. The Labute approximate surface area is 93.2 Å². The van der Waals surface area contributed by atoms with Gasteiger partial charge < -0.3 is 15.3 Å². The van der Waals surface area contributed by atoms with E-state index in [-0.39, 0.29) is 23.8 Å². The molecule has 6 heteroatoms. The van der Waals surface area contributed by atoms with Gasteiger partial charge in [-0.15, -0.1) is 0 Å². The molecule has 1 saturated heterocycles. The van der Waals surface area contributed by atoms with Crippen molar-refractivity contribution in [1.82, 2.24) is 10.2 Å². The van der Waals surface area contributed by atoms with E-state index in [1.54, 1.807) is 11.8 Å². The highest BCUT2D eigenvalue weighted by atomic mass is 32.2. The topological polar surface area (TPSA) is 69.6 Å². The summed E-state index contributed by atoms with van der Waals surface area (Å²) in [5.41, 5.74) is 0. The lowest BCUT2D eigenvalue weighted by molar-refractivity contribution is -0.122. The predicted octanol–water partition coefficient (Wildman–Crippen LogP) is 0.0423. The number of thioether (sulfide) groups is 1. The lowest BCUT2D eigenvalue weighted by Crippen LogP contribution is -2.37. The van der Waals surface area contributed by atoms with Crippen molar-refractivity contribution in [2.24, 2.45) is 0 Å². The van der Waals surface area contributed by atoms with E-state index in [1.165, 1.54) is 11.8 Å². The van der Waals surface area contributed by atoms with Crippen LogP contribution < -0.4 is 5.32 Å². The Hall–Kier alpha value is -0.750. The fourth-order valence-electron chi connectivity index (χ4n) is 1.26. The fraction of sp³-hybridized carbons (Fsp3) is 0.778. The highest BCUT2D eigenvalue weighted by Gasteiger charge is 2.21. The molecule has 86 valence electrons. The fourth-order valence-corrected chi connectivity index (χ4v) is 2.11. The lowest BCUT2D eigenvalue weighted by atomic mass is 10.3. The summed E-state index contributed by atoms with van der Waals surface area (Å²) in [4.78, 5) is 24.2. The Kier molecular flexibility index (Phi) is 4.90. The van der Waals surface area contributed by atoms with Crippen molar-refractivity contribution < 1.29 is 14.7 Å². The van der Waals surface area contributed by atoms with Gasteiger partial charge >= 0.3 is 0 Å². The molecule has 0 aromatic rings. The first kappa shape index (κ1) is 12.3. The van der Waals surface area contributed by atoms with Crippen molar-refractivity contribution in [1.29, 1.82) is 0 Å². The number of rotatable bonds is 5. The zero-order valence-corrected chi connectivity index (χ0v) is 9.55. The maximum Gasteiger partial charge on any atom is 0.281 e. The number of aliphatic hydroxyl groups is 1. The van der Waals surface area contributed by atoms with Crippen molar-refractivity contribution in [2.75, 3.05) is 25.4 Å².